The van der Waals surface area contributed by atoms with Gasteiger partial charge in [-0.1, -0.05) is 26.0 Å². The summed E-state index contributed by atoms with van der Waals surface area (Å²) in [6, 6.07) is -0.803. The summed E-state index contributed by atoms with van der Waals surface area (Å²) in [4.78, 5) is 25.5. The third-order valence-electron chi connectivity index (χ3n) is 2.69. The first kappa shape index (κ1) is 12.7. The van der Waals surface area contributed by atoms with Gasteiger partial charge in [0, 0.05) is 6.54 Å². The molecule has 0 bridgehead atoms. The van der Waals surface area contributed by atoms with E-state index in [4.69, 9.17) is 0 Å². The monoisotopic (exact) mass is 224 g/mol. The second-order valence-electron chi connectivity index (χ2n) is 4.84. The molecule has 2 amide bonds. The maximum absolute atomic E-state index is 12.0. The Balaban J connectivity index is 2.97. The molecule has 0 aromatic rings. The predicted octanol–water partition coefficient (Wildman–Crippen LogP) is 0.934. The molecule has 1 heterocycles. The highest BCUT2D eigenvalue weighted by Gasteiger charge is 2.39. The van der Waals surface area contributed by atoms with Gasteiger partial charge in [0.1, 0.15) is 12.1 Å². The van der Waals surface area contributed by atoms with Crippen molar-refractivity contribution in [1.82, 2.24) is 10.2 Å². The van der Waals surface area contributed by atoms with Gasteiger partial charge in [0.05, 0.1) is 0 Å². The molecule has 1 fully saturated rings. The Bertz CT molecular complexity index is 323. The molecule has 1 N–H and O–H groups in total. The van der Waals surface area contributed by atoms with Crippen molar-refractivity contribution in [1.29, 1.82) is 0 Å². The zero-order valence-corrected chi connectivity index (χ0v) is 10.4. The first-order valence-corrected chi connectivity index (χ1v) is 5.59. The van der Waals surface area contributed by atoms with Crippen LogP contribution in [-0.4, -0.2) is 35.3 Å². The minimum Gasteiger partial charge on any atom is -0.343 e. The highest BCUT2D eigenvalue weighted by atomic mass is 16.2. The van der Waals surface area contributed by atoms with E-state index in [2.05, 4.69) is 11.9 Å². The maximum atomic E-state index is 12.0. The van der Waals surface area contributed by atoms with Crippen molar-refractivity contribution in [2.24, 2.45) is 5.92 Å². The lowest BCUT2D eigenvalue weighted by molar-refractivity contribution is -0.150. The zero-order chi connectivity index (χ0) is 12.5. The third-order valence-corrected chi connectivity index (χ3v) is 2.69. The first-order valence-electron chi connectivity index (χ1n) is 5.59. The van der Waals surface area contributed by atoms with E-state index in [1.54, 1.807) is 11.8 Å². The second kappa shape index (κ2) is 4.68. The molecule has 0 aliphatic carbocycles. The molecule has 0 aromatic carbocycles. The molecule has 90 valence electrons. The van der Waals surface area contributed by atoms with Crippen LogP contribution in [0.1, 0.15) is 27.7 Å². The summed E-state index contributed by atoms with van der Waals surface area (Å²) in [5, 5.41) is 2.70. The van der Waals surface area contributed by atoms with E-state index < -0.39 is 6.04 Å². The molecule has 2 unspecified atom stereocenters. The van der Waals surface area contributed by atoms with Gasteiger partial charge >= 0.3 is 0 Å². The SMILES string of the molecule is C=C(C)CN1C(=O)C(C)NC(=O)C1C(C)C. The molecule has 0 saturated carbocycles. The number of nitrogens with one attached hydrogen (secondary N) is 1. The molecule has 2 atom stereocenters. The second-order valence-corrected chi connectivity index (χ2v) is 4.84. The molecular weight excluding hydrogens is 204 g/mol. The van der Waals surface area contributed by atoms with Crippen molar-refractivity contribution in [3.8, 4) is 0 Å². The summed E-state index contributed by atoms with van der Waals surface area (Å²) in [5.41, 5.74) is 0.890. The smallest absolute Gasteiger partial charge is 0.245 e. The van der Waals surface area contributed by atoms with E-state index in [0.29, 0.717) is 6.54 Å². The van der Waals surface area contributed by atoms with Gasteiger partial charge in [-0.05, 0) is 19.8 Å². The van der Waals surface area contributed by atoms with Gasteiger partial charge in [-0.15, -0.1) is 0 Å². The Morgan fingerprint density at radius 3 is 2.50 bits per heavy atom. The minimum absolute atomic E-state index is 0.0266. The van der Waals surface area contributed by atoms with Gasteiger partial charge in [0.25, 0.3) is 0 Å². The number of carbonyl (C=O) groups excluding carboxylic acids is 2. The number of rotatable bonds is 3. The van der Waals surface area contributed by atoms with Gasteiger partial charge in [-0.25, -0.2) is 0 Å². The van der Waals surface area contributed by atoms with Crippen LogP contribution >= 0.6 is 0 Å². The Morgan fingerprint density at radius 2 is 2.06 bits per heavy atom. The lowest BCUT2D eigenvalue weighted by atomic mass is 9.97. The van der Waals surface area contributed by atoms with E-state index >= 15 is 0 Å². The normalized spacial score (nSPS) is 25.9. The molecule has 16 heavy (non-hydrogen) atoms. The van der Waals surface area contributed by atoms with Gasteiger partial charge in [0.2, 0.25) is 11.8 Å². The van der Waals surface area contributed by atoms with Gasteiger partial charge in [0.15, 0.2) is 0 Å². The largest absolute Gasteiger partial charge is 0.343 e. The Hall–Kier alpha value is -1.32. The van der Waals surface area contributed by atoms with E-state index in [9.17, 15) is 9.59 Å². The lowest BCUT2D eigenvalue weighted by Gasteiger charge is -2.40. The highest BCUT2D eigenvalue weighted by Crippen LogP contribution is 2.18. The Kier molecular flexibility index (Phi) is 3.73. The predicted molar refractivity (Wildman–Crippen MR) is 62.8 cm³/mol. The molecule has 0 radical (unpaired) electrons. The van der Waals surface area contributed by atoms with E-state index in [-0.39, 0.29) is 23.8 Å². The number of hydrogen-bond acceptors (Lipinski definition) is 2. The zero-order valence-electron chi connectivity index (χ0n) is 10.4. The van der Waals surface area contributed by atoms with Gasteiger partial charge in [-0.3, -0.25) is 9.59 Å². The minimum atomic E-state index is -0.429. The number of hydrogen-bond donors (Lipinski definition) is 1. The van der Waals surface area contributed by atoms with Gasteiger partial charge in [-0.2, -0.15) is 0 Å². The van der Waals surface area contributed by atoms with Gasteiger partial charge < -0.3 is 10.2 Å². The highest BCUT2D eigenvalue weighted by molar-refractivity contribution is 5.97. The van der Waals surface area contributed by atoms with Crippen LogP contribution < -0.4 is 5.32 Å². The third kappa shape index (κ3) is 2.43. The van der Waals surface area contributed by atoms with Crippen molar-refractivity contribution in [2.45, 2.75) is 39.8 Å². The summed E-state index contributed by atoms with van der Waals surface area (Å²) >= 11 is 0. The molecular formula is C12H20N2O2. The van der Waals surface area contributed by atoms with Crippen LogP contribution in [0, 0.1) is 5.92 Å². The fourth-order valence-electron chi connectivity index (χ4n) is 2.02. The maximum Gasteiger partial charge on any atom is 0.245 e. The molecule has 1 saturated heterocycles. The summed E-state index contributed by atoms with van der Waals surface area (Å²) < 4.78 is 0. The van der Waals surface area contributed by atoms with Crippen LogP contribution in [-0.2, 0) is 9.59 Å². The van der Waals surface area contributed by atoms with Crippen LogP contribution in [0.5, 0.6) is 0 Å². The van der Waals surface area contributed by atoms with Crippen molar-refractivity contribution >= 4 is 11.8 Å². The van der Waals surface area contributed by atoms with Crippen molar-refractivity contribution < 1.29 is 9.59 Å². The average Bonchev–Trinajstić information content (AvgIpc) is 2.12. The fraction of sp³-hybridized carbons (Fsp3) is 0.667. The summed E-state index contributed by atoms with van der Waals surface area (Å²) in [6.45, 7) is 11.7. The topological polar surface area (TPSA) is 49.4 Å². The Labute approximate surface area is 96.7 Å². The van der Waals surface area contributed by atoms with Crippen LogP contribution in [0.15, 0.2) is 12.2 Å². The van der Waals surface area contributed by atoms with E-state index in [1.165, 1.54) is 0 Å². The molecule has 4 heteroatoms. The van der Waals surface area contributed by atoms with E-state index in [0.717, 1.165) is 5.57 Å². The summed E-state index contributed by atoms with van der Waals surface area (Å²) in [7, 11) is 0. The quantitative estimate of drug-likeness (QED) is 0.725. The van der Waals surface area contributed by atoms with E-state index in [1.807, 2.05) is 20.8 Å². The average molecular weight is 224 g/mol. The fourth-order valence-corrected chi connectivity index (χ4v) is 2.02. The summed E-state index contributed by atoms with van der Waals surface area (Å²) in [5.74, 6) is 0.0143. The molecule has 0 spiro atoms. The van der Waals surface area contributed by atoms with Crippen LogP contribution in [0.4, 0.5) is 0 Å². The molecule has 1 aliphatic heterocycles. The first-order chi connectivity index (χ1) is 7.34. The number of amides is 2. The summed E-state index contributed by atoms with van der Waals surface area (Å²) in [6.07, 6.45) is 0. The Morgan fingerprint density at radius 1 is 1.50 bits per heavy atom. The van der Waals surface area contributed by atoms with Crippen LogP contribution in [0.2, 0.25) is 0 Å². The van der Waals surface area contributed by atoms with Crippen molar-refractivity contribution in [3.63, 3.8) is 0 Å². The van der Waals surface area contributed by atoms with Crippen LogP contribution in [0.3, 0.4) is 0 Å². The molecule has 1 aliphatic rings. The van der Waals surface area contributed by atoms with Crippen LogP contribution in [0.25, 0.3) is 0 Å². The number of piperazine rings is 1. The molecule has 4 nitrogen and oxygen atoms in total. The number of carbonyl (C=O) groups is 2. The van der Waals surface area contributed by atoms with Crippen molar-refractivity contribution in [3.05, 3.63) is 12.2 Å². The number of nitrogens with zero attached hydrogens (tertiary/aromatic N) is 1. The standard InChI is InChI=1S/C12H20N2O2/c1-7(2)6-14-10(8(3)4)11(15)13-9(5)12(14)16/h8-10H,1,6H2,2-5H3,(H,13,15). The molecule has 0 aromatic heterocycles. The van der Waals surface area contributed by atoms with Crippen molar-refractivity contribution in [2.75, 3.05) is 6.54 Å². The lowest BCUT2D eigenvalue weighted by Crippen LogP contribution is -2.64. The molecule has 1 rings (SSSR count).